The van der Waals surface area contributed by atoms with Crippen molar-refractivity contribution < 1.29 is 18.4 Å². The van der Waals surface area contributed by atoms with Gasteiger partial charge in [0.2, 0.25) is 11.8 Å². The van der Waals surface area contributed by atoms with Crippen molar-refractivity contribution in [2.45, 2.75) is 6.42 Å². The number of fused-ring (bicyclic) bond motifs is 1. The van der Waals surface area contributed by atoms with Crippen LogP contribution in [0, 0.1) is 11.6 Å². The smallest absolute Gasteiger partial charge is 0.249 e. The number of nitrogens with two attached hydrogens (primary N) is 1. The first-order valence-corrected chi connectivity index (χ1v) is 11.8. The minimum Gasteiger partial charge on any atom is -0.366 e. The molecule has 38 heavy (non-hydrogen) atoms. The van der Waals surface area contributed by atoms with Crippen LogP contribution in [0.25, 0.3) is 33.8 Å². The fraction of sp³-hybridized carbons (Fsp3) is 0.0333. The number of primary amides is 1. The van der Waals surface area contributed by atoms with Gasteiger partial charge in [0.05, 0.1) is 6.42 Å². The molecule has 0 saturated carbocycles. The molecule has 188 valence electrons. The summed E-state index contributed by atoms with van der Waals surface area (Å²) < 4.78 is 26.7. The molecule has 0 atom stereocenters. The summed E-state index contributed by atoms with van der Waals surface area (Å²) >= 11 is 0. The van der Waals surface area contributed by atoms with Gasteiger partial charge in [0.1, 0.15) is 11.5 Å². The third kappa shape index (κ3) is 5.34. The SMILES string of the molecule is NC(=O)/C(=C/c1c[nH]c2nc(NC(=O)Cc3ccc(-c4ccc(F)c(F)c4)cc3)ccc12)c1ccccc1. The molecule has 0 unspecified atom stereocenters. The van der Waals surface area contributed by atoms with Crippen LogP contribution in [-0.4, -0.2) is 21.8 Å². The van der Waals surface area contributed by atoms with Gasteiger partial charge in [-0.05, 0) is 52.6 Å². The lowest BCUT2D eigenvalue weighted by Gasteiger charge is -2.07. The van der Waals surface area contributed by atoms with Crippen LogP contribution in [-0.2, 0) is 16.0 Å². The molecule has 2 heterocycles. The first-order valence-electron chi connectivity index (χ1n) is 11.8. The predicted octanol–water partition coefficient (Wildman–Crippen LogP) is 5.72. The number of hydrogen-bond acceptors (Lipinski definition) is 3. The van der Waals surface area contributed by atoms with Gasteiger partial charge >= 0.3 is 0 Å². The van der Waals surface area contributed by atoms with Crippen molar-refractivity contribution in [1.82, 2.24) is 9.97 Å². The third-order valence-electron chi connectivity index (χ3n) is 6.06. The molecular weight excluding hydrogens is 486 g/mol. The van der Waals surface area contributed by atoms with Gasteiger partial charge in [-0.25, -0.2) is 13.8 Å². The standard InChI is InChI=1S/C30H22F2N4O2/c31-25-12-10-21(16-26(25)32)19-8-6-18(7-9-19)14-28(37)35-27-13-11-23-22(17-34-30(23)36-27)15-24(29(33)38)20-4-2-1-3-5-20/h1-13,15-17H,14H2,(H2,33,38)(H2,34,35,36,37)/b24-15+. The van der Waals surface area contributed by atoms with Crippen LogP contribution in [0.2, 0.25) is 0 Å². The average Bonchev–Trinajstić information content (AvgIpc) is 3.31. The maximum absolute atomic E-state index is 13.5. The maximum Gasteiger partial charge on any atom is 0.249 e. The number of aromatic amines is 1. The minimum absolute atomic E-state index is 0.107. The highest BCUT2D eigenvalue weighted by Crippen LogP contribution is 2.25. The Balaban J connectivity index is 1.29. The largest absolute Gasteiger partial charge is 0.366 e. The summed E-state index contributed by atoms with van der Waals surface area (Å²) in [5.41, 5.74) is 9.99. The highest BCUT2D eigenvalue weighted by molar-refractivity contribution is 6.24. The van der Waals surface area contributed by atoms with E-state index in [9.17, 15) is 18.4 Å². The summed E-state index contributed by atoms with van der Waals surface area (Å²) in [6.07, 6.45) is 3.54. The van der Waals surface area contributed by atoms with Gasteiger partial charge in [0, 0.05) is 22.7 Å². The normalized spacial score (nSPS) is 11.5. The van der Waals surface area contributed by atoms with Crippen molar-refractivity contribution in [3.8, 4) is 11.1 Å². The number of halogens is 2. The molecule has 0 aliphatic rings. The van der Waals surface area contributed by atoms with E-state index in [0.29, 0.717) is 33.7 Å². The van der Waals surface area contributed by atoms with E-state index in [4.69, 9.17) is 5.73 Å². The first-order chi connectivity index (χ1) is 18.4. The molecule has 0 radical (unpaired) electrons. The molecule has 0 aliphatic carbocycles. The highest BCUT2D eigenvalue weighted by Gasteiger charge is 2.12. The number of nitrogens with one attached hydrogen (secondary N) is 2. The lowest BCUT2D eigenvalue weighted by atomic mass is 10.0. The molecule has 5 rings (SSSR count). The van der Waals surface area contributed by atoms with E-state index >= 15 is 0 Å². The monoisotopic (exact) mass is 508 g/mol. The molecule has 0 fully saturated rings. The number of aromatic nitrogens is 2. The van der Waals surface area contributed by atoms with Crippen molar-refractivity contribution >= 4 is 40.3 Å². The number of amides is 2. The molecule has 5 aromatic rings. The average molecular weight is 509 g/mol. The van der Waals surface area contributed by atoms with Crippen LogP contribution < -0.4 is 11.1 Å². The van der Waals surface area contributed by atoms with Gasteiger partial charge in [0.25, 0.3) is 0 Å². The van der Waals surface area contributed by atoms with Gasteiger partial charge in [0.15, 0.2) is 11.6 Å². The number of anilines is 1. The van der Waals surface area contributed by atoms with Crippen molar-refractivity contribution in [2.24, 2.45) is 5.73 Å². The summed E-state index contributed by atoms with van der Waals surface area (Å²) in [5.74, 6) is -2.24. The van der Waals surface area contributed by atoms with Crippen LogP contribution in [0.3, 0.4) is 0 Å². The Labute approximate surface area is 216 Å². The summed E-state index contributed by atoms with van der Waals surface area (Å²) in [5, 5.41) is 3.55. The quantitative estimate of drug-likeness (QED) is 0.245. The molecule has 6 nitrogen and oxygen atoms in total. The zero-order valence-corrected chi connectivity index (χ0v) is 20.0. The zero-order chi connectivity index (χ0) is 26.6. The summed E-state index contributed by atoms with van der Waals surface area (Å²) in [4.78, 5) is 32.2. The predicted molar refractivity (Wildman–Crippen MR) is 144 cm³/mol. The third-order valence-corrected chi connectivity index (χ3v) is 6.06. The summed E-state index contributed by atoms with van der Waals surface area (Å²) in [6.45, 7) is 0. The summed E-state index contributed by atoms with van der Waals surface area (Å²) in [6, 6.07) is 23.4. The summed E-state index contributed by atoms with van der Waals surface area (Å²) in [7, 11) is 0. The van der Waals surface area contributed by atoms with Crippen LogP contribution >= 0.6 is 0 Å². The van der Waals surface area contributed by atoms with E-state index < -0.39 is 17.5 Å². The van der Waals surface area contributed by atoms with Crippen molar-refractivity contribution in [3.05, 3.63) is 119 Å². The van der Waals surface area contributed by atoms with Crippen molar-refractivity contribution in [1.29, 1.82) is 0 Å². The second kappa shape index (κ2) is 10.5. The van der Waals surface area contributed by atoms with Gasteiger partial charge < -0.3 is 16.0 Å². The van der Waals surface area contributed by atoms with E-state index in [0.717, 1.165) is 28.6 Å². The fourth-order valence-electron chi connectivity index (χ4n) is 4.15. The first kappa shape index (κ1) is 24.6. The van der Waals surface area contributed by atoms with Crippen LogP contribution in [0.1, 0.15) is 16.7 Å². The Bertz CT molecular complexity index is 1680. The van der Waals surface area contributed by atoms with E-state index in [1.54, 1.807) is 48.7 Å². The van der Waals surface area contributed by atoms with E-state index in [-0.39, 0.29) is 12.3 Å². The van der Waals surface area contributed by atoms with Gasteiger partial charge in [-0.2, -0.15) is 0 Å². The zero-order valence-electron chi connectivity index (χ0n) is 20.0. The fourth-order valence-corrected chi connectivity index (χ4v) is 4.15. The Morgan fingerprint density at radius 3 is 2.34 bits per heavy atom. The molecule has 0 saturated heterocycles. The van der Waals surface area contributed by atoms with Gasteiger partial charge in [-0.15, -0.1) is 0 Å². The number of pyridine rings is 1. The molecule has 0 spiro atoms. The van der Waals surface area contributed by atoms with E-state index in [1.165, 1.54) is 6.07 Å². The second-order valence-corrected chi connectivity index (χ2v) is 8.68. The molecule has 0 bridgehead atoms. The lowest BCUT2D eigenvalue weighted by molar-refractivity contribution is -0.115. The maximum atomic E-state index is 13.5. The van der Waals surface area contributed by atoms with Gasteiger partial charge in [-0.1, -0.05) is 60.7 Å². The van der Waals surface area contributed by atoms with Crippen molar-refractivity contribution in [3.63, 3.8) is 0 Å². The van der Waals surface area contributed by atoms with Crippen molar-refractivity contribution in [2.75, 3.05) is 5.32 Å². The second-order valence-electron chi connectivity index (χ2n) is 8.68. The van der Waals surface area contributed by atoms with Gasteiger partial charge in [-0.3, -0.25) is 9.59 Å². The van der Waals surface area contributed by atoms with Crippen LogP contribution in [0.4, 0.5) is 14.6 Å². The molecule has 2 aromatic heterocycles. The van der Waals surface area contributed by atoms with E-state index in [2.05, 4.69) is 15.3 Å². The molecule has 0 aliphatic heterocycles. The minimum atomic E-state index is -0.912. The number of benzene rings is 3. The molecule has 2 amide bonds. The Morgan fingerprint density at radius 1 is 0.895 bits per heavy atom. The number of H-pyrrole nitrogens is 1. The number of carbonyl (C=O) groups excluding carboxylic acids is 2. The Kier molecular flexibility index (Phi) is 6.78. The molecule has 4 N–H and O–H groups in total. The number of carbonyl (C=O) groups is 2. The Hall–Kier alpha value is -5.11. The topological polar surface area (TPSA) is 101 Å². The van der Waals surface area contributed by atoms with Crippen LogP contribution in [0.5, 0.6) is 0 Å². The lowest BCUT2D eigenvalue weighted by Crippen LogP contribution is -2.15. The highest BCUT2D eigenvalue weighted by atomic mass is 19.2. The van der Waals surface area contributed by atoms with Crippen LogP contribution in [0.15, 0.2) is 91.1 Å². The Morgan fingerprint density at radius 2 is 1.63 bits per heavy atom. The molecular formula is C30H22F2N4O2. The number of hydrogen-bond donors (Lipinski definition) is 3. The van der Waals surface area contributed by atoms with E-state index in [1.807, 2.05) is 30.3 Å². The number of rotatable bonds is 7. The molecule has 8 heteroatoms. The molecule has 3 aromatic carbocycles. The number of nitrogens with zero attached hydrogens (tertiary/aromatic N) is 1.